The second-order valence-corrected chi connectivity index (χ2v) is 2.91. The van der Waals surface area contributed by atoms with Gasteiger partial charge in [0.1, 0.15) is 6.79 Å². The average molecular weight is 146 g/mol. The number of hydrogen-bond donors (Lipinski definition) is 1. The summed E-state index contributed by atoms with van der Waals surface area (Å²) in [6.45, 7) is 7.03. The molecule has 62 valence electrons. The lowest BCUT2D eigenvalue weighted by Gasteiger charge is -2.17. The highest BCUT2D eigenvalue weighted by molar-refractivity contribution is 4.58. The van der Waals surface area contributed by atoms with E-state index in [0.29, 0.717) is 18.4 Å². The Balaban J connectivity index is 3.40. The molecule has 0 radical (unpaired) electrons. The molecule has 0 spiro atoms. The lowest BCUT2D eigenvalue weighted by Crippen LogP contribution is -2.15. The van der Waals surface area contributed by atoms with Gasteiger partial charge in [-0.05, 0) is 11.8 Å². The van der Waals surface area contributed by atoms with E-state index >= 15 is 0 Å². The minimum Gasteiger partial charge on any atom is -0.371 e. The summed E-state index contributed by atoms with van der Waals surface area (Å²) in [5, 5.41) is 8.37. The molecule has 10 heavy (non-hydrogen) atoms. The SMILES string of the molecule is CCC(COCO)C(C)C. The fourth-order valence-corrected chi connectivity index (χ4v) is 0.986. The molecule has 0 amide bonds. The molecule has 0 bridgehead atoms. The second kappa shape index (κ2) is 5.69. The molecule has 0 aromatic rings. The van der Waals surface area contributed by atoms with Gasteiger partial charge in [0.05, 0.1) is 6.61 Å². The largest absolute Gasteiger partial charge is 0.371 e. The first-order valence-electron chi connectivity index (χ1n) is 3.91. The predicted molar refractivity (Wildman–Crippen MR) is 41.7 cm³/mol. The van der Waals surface area contributed by atoms with Crippen LogP contribution in [0.3, 0.4) is 0 Å². The molecule has 0 rings (SSSR count). The van der Waals surface area contributed by atoms with Crippen LogP contribution in [0.1, 0.15) is 27.2 Å². The fourth-order valence-electron chi connectivity index (χ4n) is 0.986. The Bertz CT molecular complexity index is 71.7. The smallest absolute Gasteiger partial charge is 0.143 e. The summed E-state index contributed by atoms with van der Waals surface area (Å²) >= 11 is 0. The van der Waals surface area contributed by atoms with Crippen molar-refractivity contribution in [2.24, 2.45) is 11.8 Å². The van der Waals surface area contributed by atoms with Gasteiger partial charge in [0.2, 0.25) is 0 Å². The van der Waals surface area contributed by atoms with E-state index in [4.69, 9.17) is 9.84 Å². The monoisotopic (exact) mass is 146 g/mol. The van der Waals surface area contributed by atoms with Crippen LogP contribution in [-0.4, -0.2) is 18.5 Å². The molecule has 0 aliphatic rings. The van der Waals surface area contributed by atoms with Crippen LogP contribution in [0, 0.1) is 11.8 Å². The number of hydrogen-bond acceptors (Lipinski definition) is 2. The summed E-state index contributed by atoms with van der Waals surface area (Å²) < 4.78 is 4.90. The first-order valence-corrected chi connectivity index (χ1v) is 3.91. The van der Waals surface area contributed by atoms with Crippen molar-refractivity contribution >= 4 is 0 Å². The van der Waals surface area contributed by atoms with Gasteiger partial charge in [0, 0.05) is 0 Å². The van der Waals surface area contributed by atoms with Crippen molar-refractivity contribution in [3.05, 3.63) is 0 Å². The number of ether oxygens (including phenoxy) is 1. The van der Waals surface area contributed by atoms with Crippen molar-refractivity contribution in [3.63, 3.8) is 0 Å². The minimum absolute atomic E-state index is 0.150. The van der Waals surface area contributed by atoms with Gasteiger partial charge >= 0.3 is 0 Å². The van der Waals surface area contributed by atoms with Gasteiger partial charge in [-0.25, -0.2) is 0 Å². The topological polar surface area (TPSA) is 29.5 Å². The highest BCUT2D eigenvalue weighted by Gasteiger charge is 2.09. The molecular weight excluding hydrogens is 128 g/mol. The van der Waals surface area contributed by atoms with Gasteiger partial charge in [-0.1, -0.05) is 27.2 Å². The maximum Gasteiger partial charge on any atom is 0.143 e. The highest BCUT2D eigenvalue weighted by Crippen LogP contribution is 2.14. The van der Waals surface area contributed by atoms with Gasteiger partial charge in [-0.2, -0.15) is 0 Å². The summed E-state index contributed by atoms with van der Waals surface area (Å²) in [5.74, 6) is 1.24. The molecule has 2 nitrogen and oxygen atoms in total. The van der Waals surface area contributed by atoms with Gasteiger partial charge in [0.15, 0.2) is 0 Å². The van der Waals surface area contributed by atoms with Crippen LogP contribution in [-0.2, 0) is 4.74 Å². The van der Waals surface area contributed by atoms with Crippen LogP contribution in [0.4, 0.5) is 0 Å². The molecule has 1 unspecified atom stereocenters. The van der Waals surface area contributed by atoms with E-state index in [9.17, 15) is 0 Å². The first kappa shape index (κ1) is 9.92. The third-order valence-electron chi connectivity index (χ3n) is 1.89. The van der Waals surface area contributed by atoms with Crippen LogP contribution >= 0.6 is 0 Å². The van der Waals surface area contributed by atoms with E-state index in [2.05, 4.69) is 20.8 Å². The van der Waals surface area contributed by atoms with Crippen molar-refractivity contribution in [1.82, 2.24) is 0 Å². The van der Waals surface area contributed by atoms with Gasteiger partial charge in [-0.15, -0.1) is 0 Å². The standard InChI is InChI=1S/C8H18O2/c1-4-8(7(2)3)5-10-6-9/h7-9H,4-6H2,1-3H3. The second-order valence-electron chi connectivity index (χ2n) is 2.91. The van der Waals surface area contributed by atoms with Crippen molar-refractivity contribution in [2.45, 2.75) is 27.2 Å². The third-order valence-corrected chi connectivity index (χ3v) is 1.89. The van der Waals surface area contributed by atoms with E-state index in [1.165, 1.54) is 0 Å². The Morgan fingerprint density at radius 3 is 2.30 bits per heavy atom. The van der Waals surface area contributed by atoms with Gasteiger partial charge < -0.3 is 9.84 Å². The average Bonchev–Trinajstić information content (AvgIpc) is 1.89. The Labute approximate surface area is 63.2 Å². The summed E-state index contributed by atoms with van der Waals surface area (Å²) in [5.41, 5.74) is 0. The van der Waals surface area contributed by atoms with Crippen molar-refractivity contribution in [2.75, 3.05) is 13.4 Å². The van der Waals surface area contributed by atoms with Crippen molar-refractivity contribution < 1.29 is 9.84 Å². The zero-order valence-electron chi connectivity index (χ0n) is 7.13. The molecule has 0 heterocycles. The summed E-state index contributed by atoms with van der Waals surface area (Å²) in [4.78, 5) is 0. The zero-order valence-corrected chi connectivity index (χ0v) is 7.13. The number of aliphatic hydroxyl groups excluding tert-OH is 1. The molecule has 0 saturated carbocycles. The third kappa shape index (κ3) is 3.85. The summed E-state index contributed by atoms with van der Waals surface area (Å²) in [6, 6.07) is 0. The molecule has 0 aliphatic heterocycles. The molecule has 0 saturated heterocycles. The molecule has 1 N–H and O–H groups in total. The van der Waals surface area contributed by atoms with Crippen molar-refractivity contribution in [1.29, 1.82) is 0 Å². The molecule has 0 aromatic heterocycles. The Morgan fingerprint density at radius 1 is 1.40 bits per heavy atom. The van der Waals surface area contributed by atoms with E-state index in [-0.39, 0.29) is 6.79 Å². The van der Waals surface area contributed by atoms with Crippen LogP contribution < -0.4 is 0 Å². The molecule has 2 heteroatoms. The van der Waals surface area contributed by atoms with Crippen molar-refractivity contribution in [3.8, 4) is 0 Å². The lowest BCUT2D eigenvalue weighted by molar-refractivity contribution is -0.0245. The van der Waals surface area contributed by atoms with Crippen LogP contribution in [0.25, 0.3) is 0 Å². The predicted octanol–water partition coefficient (Wildman–Crippen LogP) is 1.64. The first-order chi connectivity index (χ1) is 4.72. The normalized spacial score (nSPS) is 14.1. The Kier molecular flexibility index (Phi) is 5.64. The summed E-state index contributed by atoms with van der Waals surface area (Å²) in [6.07, 6.45) is 1.12. The van der Waals surface area contributed by atoms with Crippen LogP contribution in [0.2, 0.25) is 0 Å². The van der Waals surface area contributed by atoms with Gasteiger partial charge in [-0.3, -0.25) is 0 Å². The maximum atomic E-state index is 8.37. The molecular formula is C8H18O2. The summed E-state index contributed by atoms with van der Waals surface area (Å²) in [7, 11) is 0. The number of rotatable bonds is 5. The molecule has 1 atom stereocenters. The number of aliphatic hydroxyl groups is 1. The molecule has 0 aromatic carbocycles. The lowest BCUT2D eigenvalue weighted by atomic mass is 9.94. The van der Waals surface area contributed by atoms with Crippen LogP contribution in [0.15, 0.2) is 0 Å². The van der Waals surface area contributed by atoms with E-state index in [0.717, 1.165) is 6.42 Å². The zero-order chi connectivity index (χ0) is 7.98. The molecule has 0 fully saturated rings. The quantitative estimate of drug-likeness (QED) is 0.597. The van der Waals surface area contributed by atoms with E-state index < -0.39 is 0 Å². The fraction of sp³-hybridized carbons (Fsp3) is 1.00. The van der Waals surface area contributed by atoms with E-state index in [1.54, 1.807) is 0 Å². The Hall–Kier alpha value is -0.0800. The van der Waals surface area contributed by atoms with Crippen LogP contribution in [0.5, 0.6) is 0 Å². The van der Waals surface area contributed by atoms with E-state index in [1.807, 2.05) is 0 Å². The van der Waals surface area contributed by atoms with Gasteiger partial charge in [0.25, 0.3) is 0 Å². The Morgan fingerprint density at radius 2 is 2.00 bits per heavy atom. The maximum absolute atomic E-state index is 8.37. The minimum atomic E-state index is -0.150. The molecule has 0 aliphatic carbocycles. The highest BCUT2D eigenvalue weighted by atomic mass is 16.6.